The van der Waals surface area contributed by atoms with Gasteiger partial charge in [-0.2, -0.15) is 0 Å². The maximum absolute atomic E-state index is 9.10. The maximum atomic E-state index is 9.10. The second-order valence-electron chi connectivity index (χ2n) is 2.49. The Balaban J connectivity index is 0. The van der Waals surface area contributed by atoms with Gasteiger partial charge < -0.3 is 10.2 Å². The van der Waals surface area contributed by atoms with Crippen LogP contribution in [0, 0.1) is 0 Å². The third-order valence-electron chi connectivity index (χ3n) is 0.959. The minimum absolute atomic E-state index is 0.983. The molecule has 0 aliphatic carbocycles. The Morgan fingerprint density at radius 1 is 1.36 bits per heavy atom. The summed E-state index contributed by atoms with van der Waals surface area (Å²) in [5.41, 5.74) is 3.11. The predicted octanol–water partition coefficient (Wildman–Crippen LogP) is -0.216. The molecule has 6 nitrogen and oxygen atoms in total. The minimum atomic E-state index is -1.82. The number of carboxylic acid groups (broad SMARTS) is 2. The first-order chi connectivity index (χ1) is 6.41. The highest BCUT2D eigenvalue weighted by Crippen LogP contribution is 1.74. The number of rotatable bonds is 4. The maximum Gasteiger partial charge on any atom is 0.414 e. The van der Waals surface area contributed by atoms with Gasteiger partial charge in [-0.1, -0.05) is 6.08 Å². The van der Waals surface area contributed by atoms with Crippen molar-refractivity contribution in [3.63, 3.8) is 0 Å². The van der Waals surface area contributed by atoms with Crippen LogP contribution in [-0.4, -0.2) is 47.8 Å². The van der Waals surface area contributed by atoms with Crippen molar-refractivity contribution in [2.24, 2.45) is 0 Å². The van der Waals surface area contributed by atoms with Gasteiger partial charge in [0.05, 0.1) is 0 Å². The lowest BCUT2D eigenvalue weighted by Gasteiger charge is -2.09. The third-order valence-corrected chi connectivity index (χ3v) is 0.959. The molecule has 0 amide bonds. The van der Waals surface area contributed by atoms with E-state index in [0.717, 1.165) is 13.0 Å². The molecule has 0 radical (unpaired) electrons. The number of nitrogens with zero attached hydrogens (tertiary/aromatic N) is 1. The molecule has 3 N–H and O–H groups in total. The van der Waals surface area contributed by atoms with Crippen LogP contribution < -0.4 is 5.43 Å². The molecule has 6 heteroatoms. The van der Waals surface area contributed by atoms with Crippen molar-refractivity contribution in [3.05, 3.63) is 12.7 Å². The lowest BCUT2D eigenvalue weighted by atomic mass is 10.4. The molecule has 0 rings (SSSR count). The van der Waals surface area contributed by atoms with Gasteiger partial charge >= 0.3 is 11.9 Å². The molecule has 0 unspecified atom stereocenters. The molecule has 0 aliphatic rings. The minimum Gasteiger partial charge on any atom is -0.473 e. The number of nitrogens with one attached hydrogen (secondary N) is 1. The summed E-state index contributed by atoms with van der Waals surface area (Å²) in [6, 6.07) is 0. The van der Waals surface area contributed by atoms with E-state index in [2.05, 4.69) is 12.0 Å². The Kier molecular flexibility index (Phi) is 10.4. The summed E-state index contributed by atoms with van der Waals surface area (Å²) in [5, 5.41) is 16.7. The SMILES string of the molecule is C=CCCNN(C)C.O=C(O)C(=O)O. The average Bonchev–Trinajstić information content (AvgIpc) is 2.05. The van der Waals surface area contributed by atoms with Crippen LogP contribution in [0.25, 0.3) is 0 Å². The van der Waals surface area contributed by atoms with Crippen LogP contribution in [-0.2, 0) is 9.59 Å². The van der Waals surface area contributed by atoms with E-state index in [0.29, 0.717) is 0 Å². The smallest absolute Gasteiger partial charge is 0.414 e. The van der Waals surface area contributed by atoms with Gasteiger partial charge in [0, 0.05) is 20.6 Å². The molecule has 82 valence electrons. The van der Waals surface area contributed by atoms with Crippen LogP contribution in [0.15, 0.2) is 12.7 Å². The molecule has 0 atom stereocenters. The predicted molar refractivity (Wildman–Crippen MR) is 51.8 cm³/mol. The van der Waals surface area contributed by atoms with E-state index in [1.165, 1.54) is 0 Å². The highest BCUT2D eigenvalue weighted by Gasteiger charge is 2.04. The van der Waals surface area contributed by atoms with Gasteiger partial charge in [0.2, 0.25) is 0 Å². The van der Waals surface area contributed by atoms with Gasteiger partial charge in [-0.3, -0.25) is 10.4 Å². The van der Waals surface area contributed by atoms with E-state index in [1.54, 1.807) is 0 Å². The fraction of sp³-hybridized carbons (Fsp3) is 0.500. The molecule has 0 aromatic heterocycles. The monoisotopic (exact) mass is 204 g/mol. The molecule has 0 spiro atoms. The number of carbonyl (C=O) groups is 2. The zero-order valence-corrected chi connectivity index (χ0v) is 8.36. The van der Waals surface area contributed by atoms with Crippen molar-refractivity contribution in [2.75, 3.05) is 20.6 Å². The van der Waals surface area contributed by atoms with E-state index < -0.39 is 11.9 Å². The summed E-state index contributed by atoms with van der Waals surface area (Å²) in [5.74, 6) is -3.65. The Bertz CT molecular complexity index is 180. The Morgan fingerprint density at radius 2 is 1.79 bits per heavy atom. The van der Waals surface area contributed by atoms with E-state index in [9.17, 15) is 0 Å². The molecule has 0 saturated carbocycles. The molecule has 0 bridgehead atoms. The summed E-state index contributed by atoms with van der Waals surface area (Å²) in [4.78, 5) is 18.2. The van der Waals surface area contributed by atoms with Gasteiger partial charge in [0.25, 0.3) is 0 Å². The van der Waals surface area contributed by atoms with Crippen molar-refractivity contribution in [2.45, 2.75) is 6.42 Å². The van der Waals surface area contributed by atoms with Crippen LogP contribution in [0.1, 0.15) is 6.42 Å². The van der Waals surface area contributed by atoms with Crippen molar-refractivity contribution >= 4 is 11.9 Å². The number of hydrogen-bond acceptors (Lipinski definition) is 4. The van der Waals surface area contributed by atoms with Crippen molar-refractivity contribution in [3.8, 4) is 0 Å². The van der Waals surface area contributed by atoms with E-state index in [1.807, 2.05) is 25.2 Å². The van der Waals surface area contributed by atoms with Gasteiger partial charge in [-0.25, -0.2) is 9.59 Å². The highest BCUT2D eigenvalue weighted by atomic mass is 16.4. The standard InChI is InChI=1S/C6H14N2.C2H2O4/c1-4-5-6-7-8(2)3;3-1(4)2(5)6/h4,7H,1,5-6H2,2-3H3;(H,3,4)(H,5,6). The second-order valence-corrected chi connectivity index (χ2v) is 2.49. The van der Waals surface area contributed by atoms with Crippen molar-refractivity contribution in [1.29, 1.82) is 0 Å². The lowest BCUT2D eigenvalue weighted by molar-refractivity contribution is -0.159. The second kappa shape index (κ2) is 9.69. The molecule has 0 aliphatic heterocycles. The van der Waals surface area contributed by atoms with Gasteiger partial charge in [-0.15, -0.1) is 6.58 Å². The Morgan fingerprint density at radius 3 is 2.00 bits per heavy atom. The fourth-order valence-electron chi connectivity index (χ4n) is 0.390. The van der Waals surface area contributed by atoms with Crippen LogP contribution >= 0.6 is 0 Å². The summed E-state index contributed by atoms with van der Waals surface area (Å²) in [6.45, 7) is 4.58. The molecule has 0 saturated heterocycles. The number of carboxylic acids is 2. The van der Waals surface area contributed by atoms with Gasteiger partial charge in [0.1, 0.15) is 0 Å². The van der Waals surface area contributed by atoms with E-state index >= 15 is 0 Å². The summed E-state index contributed by atoms with van der Waals surface area (Å²) in [7, 11) is 3.95. The number of aliphatic carboxylic acids is 2. The third kappa shape index (κ3) is 16.9. The van der Waals surface area contributed by atoms with Crippen LogP contribution in [0.4, 0.5) is 0 Å². The molecule has 0 heterocycles. The molecule has 0 aromatic carbocycles. The summed E-state index contributed by atoms with van der Waals surface area (Å²) in [6.07, 6.45) is 2.93. The molecule has 0 fully saturated rings. The lowest BCUT2D eigenvalue weighted by Crippen LogP contribution is -2.30. The first-order valence-electron chi connectivity index (χ1n) is 3.89. The quantitative estimate of drug-likeness (QED) is 0.254. The molecular weight excluding hydrogens is 188 g/mol. The molecular formula is C8H16N2O4. The zero-order chi connectivity index (χ0) is 11.6. The molecule has 14 heavy (non-hydrogen) atoms. The van der Waals surface area contributed by atoms with Crippen LogP contribution in [0.3, 0.4) is 0 Å². The van der Waals surface area contributed by atoms with Crippen LogP contribution in [0.2, 0.25) is 0 Å². The van der Waals surface area contributed by atoms with Gasteiger partial charge in [0.15, 0.2) is 0 Å². The largest absolute Gasteiger partial charge is 0.473 e. The van der Waals surface area contributed by atoms with Crippen LogP contribution in [0.5, 0.6) is 0 Å². The van der Waals surface area contributed by atoms with E-state index in [4.69, 9.17) is 19.8 Å². The van der Waals surface area contributed by atoms with E-state index in [-0.39, 0.29) is 0 Å². The topological polar surface area (TPSA) is 89.9 Å². The Hall–Kier alpha value is -1.40. The Labute approximate surface area is 82.8 Å². The highest BCUT2D eigenvalue weighted by molar-refractivity contribution is 6.27. The normalized spacial score (nSPS) is 8.79. The average molecular weight is 204 g/mol. The van der Waals surface area contributed by atoms with Gasteiger partial charge in [-0.05, 0) is 6.42 Å². The first-order valence-corrected chi connectivity index (χ1v) is 3.89. The van der Waals surface area contributed by atoms with Crippen molar-refractivity contribution < 1.29 is 19.8 Å². The summed E-state index contributed by atoms with van der Waals surface area (Å²) >= 11 is 0. The first kappa shape index (κ1) is 15.1. The summed E-state index contributed by atoms with van der Waals surface area (Å²) < 4.78 is 0. The number of hydrazine groups is 1. The zero-order valence-electron chi connectivity index (χ0n) is 8.36. The fourth-order valence-corrected chi connectivity index (χ4v) is 0.390. The van der Waals surface area contributed by atoms with Crippen molar-refractivity contribution in [1.82, 2.24) is 10.4 Å². The number of hydrogen-bond donors (Lipinski definition) is 3. The molecule has 0 aromatic rings.